The van der Waals surface area contributed by atoms with Gasteiger partial charge in [0.15, 0.2) is 0 Å². The summed E-state index contributed by atoms with van der Waals surface area (Å²) < 4.78 is 42.9. The molecular weight excluding hydrogens is 445 g/mol. The monoisotopic (exact) mass is 472 g/mol. The lowest BCUT2D eigenvalue weighted by Crippen LogP contribution is -2.53. The number of pyridine rings is 1. The summed E-state index contributed by atoms with van der Waals surface area (Å²) >= 11 is 0. The Hall–Kier alpha value is -2.94. The minimum atomic E-state index is -2.91. The van der Waals surface area contributed by atoms with Crippen LogP contribution in [-0.2, 0) is 5.54 Å². The Morgan fingerprint density at radius 1 is 1.09 bits per heavy atom. The molecule has 6 nitrogen and oxygen atoms in total. The first-order chi connectivity index (χ1) is 16.1. The first-order valence-electron chi connectivity index (χ1n) is 11.6. The molecule has 3 saturated carbocycles. The molecule has 6 rings (SSSR count). The number of hydrogen-bond acceptors (Lipinski definition) is 5. The quantitative estimate of drug-likeness (QED) is 0.537. The molecule has 2 aromatic heterocycles. The molecule has 0 radical (unpaired) electrons. The molecule has 9 heteroatoms. The number of aliphatic hydroxyl groups is 1. The summed E-state index contributed by atoms with van der Waals surface area (Å²) in [6, 6.07) is 4.78. The van der Waals surface area contributed by atoms with Crippen LogP contribution in [0.15, 0.2) is 35.3 Å². The fourth-order valence-electron chi connectivity index (χ4n) is 5.56. The highest BCUT2D eigenvalue weighted by molar-refractivity contribution is 5.88. The van der Waals surface area contributed by atoms with E-state index in [4.69, 9.17) is 0 Å². The first kappa shape index (κ1) is 22.8. The zero-order valence-electron chi connectivity index (χ0n) is 19.1. The summed E-state index contributed by atoms with van der Waals surface area (Å²) in [5.74, 6) is -0.106. The maximum Gasteiger partial charge on any atom is 0.266 e. The number of anilines is 1. The molecule has 2 bridgehead atoms. The summed E-state index contributed by atoms with van der Waals surface area (Å²) in [7, 11) is 0. The van der Waals surface area contributed by atoms with Gasteiger partial charge in [-0.15, -0.1) is 0 Å². The Bertz CT molecular complexity index is 1300. The third-order valence-electron chi connectivity index (χ3n) is 7.63. The molecule has 3 aliphatic carbocycles. The van der Waals surface area contributed by atoms with Crippen molar-refractivity contribution in [3.63, 3.8) is 0 Å². The zero-order chi connectivity index (χ0) is 24.3. The average molecular weight is 473 g/mol. The fraction of sp³-hybridized carbons (Fsp3) is 0.480. The van der Waals surface area contributed by atoms with Crippen LogP contribution in [0, 0.1) is 12.7 Å². The average Bonchev–Trinajstić information content (AvgIpc) is 2.79. The molecule has 0 spiro atoms. The number of fused-ring (bicyclic) bond motifs is 4. The molecule has 0 unspecified atom stereocenters. The number of hydrogen-bond donors (Lipinski definition) is 2. The zero-order valence-corrected chi connectivity index (χ0v) is 19.1. The van der Waals surface area contributed by atoms with Crippen molar-refractivity contribution in [2.24, 2.45) is 0 Å². The van der Waals surface area contributed by atoms with Gasteiger partial charge in [0.1, 0.15) is 17.5 Å². The summed E-state index contributed by atoms with van der Waals surface area (Å²) in [4.78, 5) is 22.0. The van der Waals surface area contributed by atoms with E-state index in [0.717, 1.165) is 6.07 Å². The number of nitrogens with one attached hydrogen (secondary N) is 1. The van der Waals surface area contributed by atoms with Crippen LogP contribution in [-0.4, -0.2) is 25.2 Å². The van der Waals surface area contributed by atoms with E-state index in [9.17, 15) is 23.1 Å². The van der Waals surface area contributed by atoms with Gasteiger partial charge in [0.05, 0.1) is 28.1 Å². The summed E-state index contributed by atoms with van der Waals surface area (Å²) in [5.41, 5.74) is -1.22. The molecule has 3 aromatic rings. The third kappa shape index (κ3) is 3.76. The number of benzene rings is 1. The second-order valence-electron chi connectivity index (χ2n) is 9.77. The highest BCUT2D eigenvalue weighted by Gasteiger charge is 2.49. The number of aryl methyl sites for hydroxylation is 1. The van der Waals surface area contributed by atoms with Crippen molar-refractivity contribution in [2.75, 3.05) is 5.32 Å². The first-order valence-corrected chi connectivity index (χ1v) is 11.6. The van der Waals surface area contributed by atoms with E-state index < -0.39 is 29.4 Å². The standard InChI is InChI=1S/C25H27F3N4O2/c1-14(16-4-3-5-17(21(16)26)22(27)28)29-23-18-13-32(20(33)12-19(18)30-15(2)31-23)24-6-9-25(34,10-7-24)11-8-24/h3-5,12-14,22,34H,6-11H2,1-2H3,(H,29,30,31)/t14-,24?,25?/m0/s1. The maximum absolute atomic E-state index is 14.7. The van der Waals surface area contributed by atoms with Crippen molar-refractivity contribution in [3.8, 4) is 0 Å². The number of alkyl halides is 2. The van der Waals surface area contributed by atoms with Crippen molar-refractivity contribution in [1.29, 1.82) is 0 Å². The molecule has 1 aromatic carbocycles. The molecule has 0 saturated heterocycles. The van der Waals surface area contributed by atoms with Crippen LogP contribution in [0.2, 0.25) is 0 Å². The molecular formula is C25H27F3N4O2. The van der Waals surface area contributed by atoms with Crippen LogP contribution in [0.4, 0.5) is 19.0 Å². The number of halogens is 3. The van der Waals surface area contributed by atoms with Crippen molar-refractivity contribution in [1.82, 2.24) is 14.5 Å². The second kappa shape index (κ2) is 8.08. The van der Waals surface area contributed by atoms with E-state index >= 15 is 0 Å². The molecule has 2 heterocycles. The van der Waals surface area contributed by atoms with Gasteiger partial charge in [0.25, 0.3) is 12.0 Å². The SMILES string of the molecule is Cc1nc(N[C@@H](C)c2cccc(C(F)F)c2F)c2cn(C34CCC(O)(CC3)CC4)c(=O)cc2n1. The number of nitrogens with zero attached hydrogens (tertiary/aromatic N) is 3. The molecule has 3 aliphatic rings. The summed E-state index contributed by atoms with van der Waals surface area (Å²) in [6.07, 6.45) is 2.96. The van der Waals surface area contributed by atoms with E-state index in [0.29, 0.717) is 61.1 Å². The van der Waals surface area contributed by atoms with Crippen LogP contribution < -0.4 is 10.9 Å². The topological polar surface area (TPSA) is 80.0 Å². The summed E-state index contributed by atoms with van der Waals surface area (Å²) in [6.45, 7) is 3.37. The van der Waals surface area contributed by atoms with E-state index in [1.54, 1.807) is 24.6 Å². The maximum atomic E-state index is 14.7. The minimum Gasteiger partial charge on any atom is -0.390 e. The molecule has 1 atom stereocenters. The van der Waals surface area contributed by atoms with Crippen LogP contribution in [0.3, 0.4) is 0 Å². The van der Waals surface area contributed by atoms with Crippen LogP contribution in [0.25, 0.3) is 10.9 Å². The van der Waals surface area contributed by atoms with Crippen molar-refractivity contribution >= 4 is 16.7 Å². The molecule has 180 valence electrons. The van der Waals surface area contributed by atoms with Gasteiger partial charge >= 0.3 is 0 Å². The lowest BCUT2D eigenvalue weighted by Gasteiger charge is -2.51. The van der Waals surface area contributed by atoms with Crippen molar-refractivity contribution < 1.29 is 18.3 Å². The van der Waals surface area contributed by atoms with Crippen LogP contribution in [0.1, 0.15) is 74.9 Å². The Balaban J connectivity index is 1.56. The van der Waals surface area contributed by atoms with E-state index in [1.807, 2.05) is 0 Å². The lowest BCUT2D eigenvalue weighted by molar-refractivity contribution is -0.0865. The van der Waals surface area contributed by atoms with Gasteiger partial charge in [-0.25, -0.2) is 23.1 Å². The van der Waals surface area contributed by atoms with E-state index in [1.165, 1.54) is 18.2 Å². The third-order valence-corrected chi connectivity index (χ3v) is 7.63. The van der Waals surface area contributed by atoms with E-state index in [-0.39, 0.29) is 16.7 Å². The van der Waals surface area contributed by atoms with E-state index in [2.05, 4.69) is 15.3 Å². The van der Waals surface area contributed by atoms with Gasteiger partial charge in [0, 0.05) is 23.4 Å². The normalized spacial score (nSPS) is 25.1. The highest BCUT2D eigenvalue weighted by atomic mass is 19.3. The summed E-state index contributed by atoms with van der Waals surface area (Å²) in [5, 5.41) is 14.3. The van der Waals surface area contributed by atoms with Gasteiger partial charge in [-0.1, -0.05) is 18.2 Å². The van der Waals surface area contributed by atoms with Crippen molar-refractivity contribution in [2.45, 2.75) is 76.0 Å². The van der Waals surface area contributed by atoms with Gasteiger partial charge in [-0.2, -0.15) is 0 Å². The number of rotatable bonds is 5. The predicted octanol–water partition coefficient (Wildman–Crippen LogP) is 5.14. The minimum absolute atomic E-state index is 0.105. The smallest absolute Gasteiger partial charge is 0.266 e. The fourth-order valence-corrected chi connectivity index (χ4v) is 5.56. The molecule has 0 amide bonds. The van der Waals surface area contributed by atoms with Gasteiger partial charge in [0.2, 0.25) is 0 Å². The Kier molecular flexibility index (Phi) is 5.42. The molecule has 34 heavy (non-hydrogen) atoms. The molecule has 3 fully saturated rings. The molecule has 0 aliphatic heterocycles. The predicted molar refractivity (Wildman–Crippen MR) is 123 cm³/mol. The van der Waals surface area contributed by atoms with Gasteiger partial charge in [-0.3, -0.25) is 4.79 Å². The second-order valence-corrected chi connectivity index (χ2v) is 9.77. The largest absolute Gasteiger partial charge is 0.390 e. The van der Waals surface area contributed by atoms with Crippen LogP contribution in [0.5, 0.6) is 0 Å². The Morgan fingerprint density at radius 2 is 1.74 bits per heavy atom. The van der Waals surface area contributed by atoms with Gasteiger partial charge < -0.3 is 15.0 Å². The Labute approximate surface area is 194 Å². The molecule has 2 N–H and O–H groups in total. The number of aromatic nitrogens is 3. The Morgan fingerprint density at radius 3 is 2.38 bits per heavy atom. The van der Waals surface area contributed by atoms with Crippen molar-refractivity contribution in [3.05, 3.63) is 63.6 Å². The highest BCUT2D eigenvalue weighted by Crippen LogP contribution is 2.50. The lowest BCUT2D eigenvalue weighted by atomic mass is 9.63. The van der Waals surface area contributed by atoms with Gasteiger partial charge in [-0.05, 0) is 52.4 Å². The van der Waals surface area contributed by atoms with Crippen LogP contribution >= 0.6 is 0 Å².